The number of carboxylic acid groups (broad SMARTS) is 1. The van der Waals surface area contributed by atoms with Crippen molar-refractivity contribution in [1.29, 1.82) is 0 Å². The molecule has 2 saturated carbocycles. The van der Waals surface area contributed by atoms with Gasteiger partial charge in [-0.25, -0.2) is 9.48 Å². The lowest BCUT2D eigenvalue weighted by Gasteiger charge is -2.38. The number of ether oxygens (including phenoxy) is 1. The zero-order valence-corrected chi connectivity index (χ0v) is 20.9. The van der Waals surface area contributed by atoms with E-state index in [0.717, 1.165) is 24.2 Å². The van der Waals surface area contributed by atoms with Gasteiger partial charge in [0.1, 0.15) is 5.69 Å². The van der Waals surface area contributed by atoms with Crippen molar-refractivity contribution in [3.63, 3.8) is 0 Å². The normalized spacial score (nSPS) is 25.4. The van der Waals surface area contributed by atoms with Crippen LogP contribution in [0.2, 0.25) is 10.0 Å². The molecule has 4 atom stereocenters. The van der Waals surface area contributed by atoms with Crippen LogP contribution in [0, 0.1) is 5.92 Å². The van der Waals surface area contributed by atoms with Crippen LogP contribution in [-0.2, 0) is 11.3 Å². The molecule has 3 aromatic rings. The van der Waals surface area contributed by atoms with Gasteiger partial charge in [-0.05, 0) is 80.5 Å². The quantitative estimate of drug-likeness (QED) is 0.401. The number of nitrogens with zero attached hydrogens (tertiary/aromatic N) is 3. The molecule has 2 aliphatic carbocycles. The molecule has 0 amide bonds. The van der Waals surface area contributed by atoms with Crippen molar-refractivity contribution in [2.75, 3.05) is 4.90 Å². The summed E-state index contributed by atoms with van der Waals surface area (Å²) < 4.78 is 8.46. The number of piperidine rings is 1. The van der Waals surface area contributed by atoms with Gasteiger partial charge < -0.3 is 14.7 Å². The van der Waals surface area contributed by atoms with Crippen molar-refractivity contribution in [3.05, 3.63) is 75.5 Å². The zero-order chi connectivity index (χ0) is 24.3. The van der Waals surface area contributed by atoms with Crippen LogP contribution in [0.4, 0.5) is 5.69 Å². The Balaban J connectivity index is 1.20. The fourth-order valence-electron chi connectivity index (χ4n) is 6.03. The van der Waals surface area contributed by atoms with Crippen molar-refractivity contribution in [1.82, 2.24) is 9.78 Å². The zero-order valence-electron chi connectivity index (χ0n) is 19.4. The summed E-state index contributed by atoms with van der Waals surface area (Å²) in [6.07, 6.45) is 6.50. The first-order valence-electron chi connectivity index (χ1n) is 12.2. The Kier molecular flexibility index (Phi) is 5.78. The SMILES string of the molecule is C[C@@H]1[C@@H]2C[C@@H](C[C@H]2OCc2c(C3CC3)cnn2-c2c(Cl)cccc2Cl)N1c1ccc(C(=O)O)cc1. The topological polar surface area (TPSA) is 67.6 Å². The fourth-order valence-corrected chi connectivity index (χ4v) is 6.59. The number of anilines is 1. The molecule has 1 aliphatic heterocycles. The second-order valence-electron chi connectivity index (χ2n) is 9.94. The molecule has 1 aromatic heterocycles. The Morgan fingerprint density at radius 2 is 1.83 bits per heavy atom. The van der Waals surface area contributed by atoms with E-state index in [-0.39, 0.29) is 6.10 Å². The van der Waals surface area contributed by atoms with E-state index in [1.165, 1.54) is 18.4 Å². The monoisotopic (exact) mass is 511 g/mol. The summed E-state index contributed by atoms with van der Waals surface area (Å²) >= 11 is 13.0. The fraction of sp³-hybridized carbons (Fsp3) is 0.407. The number of rotatable bonds is 7. The number of aromatic carboxylic acids is 1. The molecule has 2 bridgehead atoms. The Hall–Kier alpha value is -2.54. The van der Waals surface area contributed by atoms with Gasteiger partial charge in [0.05, 0.1) is 40.2 Å². The molecule has 35 heavy (non-hydrogen) atoms. The van der Waals surface area contributed by atoms with Crippen LogP contribution in [-0.4, -0.2) is 39.0 Å². The highest BCUT2D eigenvalue weighted by Crippen LogP contribution is 2.47. The molecule has 2 aromatic carbocycles. The number of aromatic nitrogens is 2. The molecule has 182 valence electrons. The molecule has 2 heterocycles. The van der Waals surface area contributed by atoms with Crippen LogP contribution in [0.25, 0.3) is 5.69 Å². The molecular weight excluding hydrogens is 485 g/mol. The molecule has 6 nitrogen and oxygen atoms in total. The van der Waals surface area contributed by atoms with Gasteiger partial charge in [-0.15, -0.1) is 0 Å². The summed E-state index contributed by atoms with van der Waals surface area (Å²) in [6, 6.07) is 13.4. The minimum absolute atomic E-state index is 0.168. The number of halogens is 2. The minimum atomic E-state index is -0.899. The average Bonchev–Trinajstić information content (AvgIpc) is 3.34. The molecule has 8 heteroatoms. The lowest BCUT2D eigenvalue weighted by Crippen LogP contribution is -2.45. The Morgan fingerprint density at radius 3 is 2.46 bits per heavy atom. The summed E-state index contributed by atoms with van der Waals surface area (Å²) in [5.41, 5.74) is 4.37. The van der Waals surface area contributed by atoms with Crippen LogP contribution in [0.15, 0.2) is 48.7 Å². The lowest BCUT2D eigenvalue weighted by molar-refractivity contribution is 0.00149. The van der Waals surface area contributed by atoms with E-state index in [1.54, 1.807) is 12.1 Å². The van der Waals surface area contributed by atoms with Crippen LogP contribution >= 0.6 is 23.2 Å². The molecule has 3 fully saturated rings. The van der Waals surface area contributed by atoms with E-state index in [2.05, 4.69) is 16.9 Å². The highest BCUT2D eigenvalue weighted by Gasteiger charge is 2.50. The highest BCUT2D eigenvalue weighted by molar-refractivity contribution is 6.37. The Labute approximate surface area is 214 Å². The number of hydrogen-bond acceptors (Lipinski definition) is 4. The number of fused-ring (bicyclic) bond motifs is 2. The minimum Gasteiger partial charge on any atom is -0.478 e. The predicted octanol–water partition coefficient (Wildman–Crippen LogP) is 6.33. The maximum atomic E-state index is 11.2. The molecule has 6 rings (SSSR count). The maximum absolute atomic E-state index is 11.2. The molecule has 0 radical (unpaired) electrons. The van der Waals surface area contributed by atoms with Crippen LogP contribution in [0.5, 0.6) is 0 Å². The Morgan fingerprint density at radius 1 is 1.11 bits per heavy atom. The number of para-hydroxylation sites is 1. The van der Waals surface area contributed by atoms with Gasteiger partial charge in [-0.3, -0.25) is 0 Å². The smallest absolute Gasteiger partial charge is 0.335 e. The average molecular weight is 512 g/mol. The summed E-state index contributed by atoms with van der Waals surface area (Å²) in [4.78, 5) is 13.6. The van der Waals surface area contributed by atoms with Crippen LogP contribution < -0.4 is 4.90 Å². The number of hydrogen-bond donors (Lipinski definition) is 1. The van der Waals surface area contributed by atoms with Gasteiger partial charge in [0.25, 0.3) is 0 Å². The van der Waals surface area contributed by atoms with Gasteiger partial charge >= 0.3 is 5.97 Å². The summed E-state index contributed by atoms with van der Waals surface area (Å²) in [5.74, 6) is 0.0551. The van der Waals surface area contributed by atoms with E-state index in [4.69, 9.17) is 27.9 Å². The van der Waals surface area contributed by atoms with E-state index >= 15 is 0 Å². The molecule has 0 spiro atoms. The van der Waals surface area contributed by atoms with Crippen molar-refractivity contribution in [3.8, 4) is 5.69 Å². The van der Waals surface area contributed by atoms with Gasteiger partial charge in [0.2, 0.25) is 0 Å². The summed E-state index contributed by atoms with van der Waals surface area (Å²) in [6.45, 7) is 2.72. The first-order chi connectivity index (χ1) is 16.9. The molecule has 1 N–H and O–H groups in total. The van der Waals surface area contributed by atoms with Crippen molar-refractivity contribution in [2.24, 2.45) is 5.92 Å². The summed E-state index contributed by atoms with van der Waals surface area (Å²) in [7, 11) is 0. The van der Waals surface area contributed by atoms with Crippen molar-refractivity contribution in [2.45, 2.75) is 63.3 Å². The van der Waals surface area contributed by atoms with Gasteiger partial charge in [-0.1, -0.05) is 29.3 Å². The highest BCUT2D eigenvalue weighted by atomic mass is 35.5. The lowest BCUT2D eigenvalue weighted by atomic mass is 9.96. The van der Waals surface area contributed by atoms with Crippen molar-refractivity contribution < 1.29 is 14.6 Å². The third-order valence-corrected chi connectivity index (χ3v) is 8.50. The van der Waals surface area contributed by atoms with E-state index < -0.39 is 5.97 Å². The Bertz CT molecular complexity index is 1250. The van der Waals surface area contributed by atoms with Gasteiger partial charge in [-0.2, -0.15) is 5.10 Å². The molecular formula is C27H27Cl2N3O3. The first-order valence-corrected chi connectivity index (χ1v) is 12.9. The van der Waals surface area contributed by atoms with E-state index in [1.807, 2.05) is 41.2 Å². The molecule has 0 unspecified atom stereocenters. The second-order valence-corrected chi connectivity index (χ2v) is 10.8. The third kappa shape index (κ3) is 4.02. The second kappa shape index (κ2) is 8.84. The number of carbonyl (C=O) groups is 1. The maximum Gasteiger partial charge on any atom is 0.335 e. The largest absolute Gasteiger partial charge is 0.478 e. The van der Waals surface area contributed by atoms with Gasteiger partial charge in [0, 0.05) is 23.7 Å². The molecule has 3 aliphatic rings. The van der Waals surface area contributed by atoms with Gasteiger partial charge in [0.15, 0.2) is 0 Å². The van der Waals surface area contributed by atoms with E-state index in [0.29, 0.717) is 51.8 Å². The molecule has 1 saturated heterocycles. The number of carboxylic acids is 1. The first kappa shape index (κ1) is 22.9. The third-order valence-electron chi connectivity index (χ3n) is 7.89. The van der Waals surface area contributed by atoms with Crippen LogP contribution in [0.3, 0.4) is 0 Å². The van der Waals surface area contributed by atoms with Crippen LogP contribution in [0.1, 0.15) is 60.1 Å². The number of benzene rings is 2. The summed E-state index contributed by atoms with van der Waals surface area (Å²) in [5, 5.41) is 15.0. The standard InChI is InChI=1S/C27H27Cl2N3O3/c1-15-20-11-19(31(15)18-9-7-17(8-10-18)27(33)34)12-25(20)35-14-24-21(16-5-6-16)13-30-32(24)26-22(28)3-2-4-23(26)29/h2-4,7-10,13,15-16,19-20,25H,5-6,11-12,14H2,1H3,(H,33,34)/t15-,19+,20+,25-/m1/s1. The van der Waals surface area contributed by atoms with E-state index in [9.17, 15) is 9.90 Å². The predicted molar refractivity (Wildman–Crippen MR) is 136 cm³/mol. The van der Waals surface area contributed by atoms with Crippen molar-refractivity contribution >= 4 is 34.9 Å².